The van der Waals surface area contributed by atoms with Crippen molar-refractivity contribution in [3.63, 3.8) is 0 Å². The molecule has 3 nitrogen and oxygen atoms in total. The third-order valence-corrected chi connectivity index (χ3v) is 2.33. The molecule has 1 amide bonds. The second-order valence-corrected chi connectivity index (χ2v) is 3.73. The first kappa shape index (κ1) is 13.6. The molecular weight excluding hydrogens is 226 g/mol. The highest BCUT2D eigenvalue weighted by Crippen LogP contribution is 2.11. The number of halogens is 2. The zero-order valence-electron chi connectivity index (χ0n) is 9.51. The van der Waals surface area contributed by atoms with Crippen LogP contribution in [0.5, 0.6) is 0 Å². The number of nitrogens with two attached hydrogens (primary N) is 1. The molecule has 3 N–H and O–H groups in total. The number of hydrogen-bond donors (Lipinski definition) is 2. The van der Waals surface area contributed by atoms with Gasteiger partial charge in [-0.05, 0) is 43.1 Å². The van der Waals surface area contributed by atoms with E-state index in [1.165, 1.54) is 0 Å². The van der Waals surface area contributed by atoms with Crippen LogP contribution in [0.15, 0.2) is 18.2 Å². The van der Waals surface area contributed by atoms with Gasteiger partial charge in [0, 0.05) is 13.0 Å². The zero-order valence-corrected chi connectivity index (χ0v) is 9.51. The molecule has 0 saturated heterocycles. The van der Waals surface area contributed by atoms with Crippen LogP contribution in [-0.2, 0) is 11.2 Å². The SMILES string of the molecule is NCCCNC(=O)CCc1cc(F)ccc1F. The van der Waals surface area contributed by atoms with Gasteiger partial charge >= 0.3 is 0 Å². The number of benzene rings is 1. The van der Waals surface area contributed by atoms with Crippen molar-refractivity contribution in [1.29, 1.82) is 0 Å². The Kier molecular flexibility index (Phi) is 5.56. The standard InChI is InChI=1S/C12H16F2N2O/c13-10-3-4-11(14)9(8-10)2-5-12(17)16-7-1-6-15/h3-4,8H,1-2,5-7,15H2,(H,16,17). The number of carbonyl (C=O) groups is 1. The van der Waals surface area contributed by atoms with Gasteiger partial charge in [0.25, 0.3) is 0 Å². The fourth-order valence-electron chi connectivity index (χ4n) is 1.40. The molecule has 1 aromatic carbocycles. The van der Waals surface area contributed by atoms with Crippen molar-refractivity contribution in [2.45, 2.75) is 19.3 Å². The molecule has 0 aromatic heterocycles. The molecule has 0 bridgehead atoms. The predicted octanol–water partition coefficient (Wildman–Crippen LogP) is 1.36. The minimum atomic E-state index is -0.495. The van der Waals surface area contributed by atoms with E-state index in [0.717, 1.165) is 18.2 Å². The van der Waals surface area contributed by atoms with Crippen LogP contribution >= 0.6 is 0 Å². The second kappa shape index (κ2) is 6.96. The molecule has 0 aliphatic rings. The van der Waals surface area contributed by atoms with Gasteiger partial charge in [-0.3, -0.25) is 4.79 Å². The van der Waals surface area contributed by atoms with Crippen LogP contribution in [0.1, 0.15) is 18.4 Å². The molecule has 0 fully saturated rings. The average Bonchev–Trinajstić information content (AvgIpc) is 2.31. The summed E-state index contributed by atoms with van der Waals surface area (Å²) in [4.78, 5) is 11.3. The Morgan fingerprint density at radius 2 is 2.12 bits per heavy atom. The number of hydrogen-bond acceptors (Lipinski definition) is 2. The summed E-state index contributed by atoms with van der Waals surface area (Å²) in [5, 5.41) is 2.65. The number of aryl methyl sites for hydroxylation is 1. The van der Waals surface area contributed by atoms with Gasteiger partial charge < -0.3 is 11.1 Å². The molecule has 0 radical (unpaired) electrons. The topological polar surface area (TPSA) is 55.1 Å². The summed E-state index contributed by atoms with van der Waals surface area (Å²) in [6.07, 6.45) is 1.04. The van der Waals surface area contributed by atoms with Crippen molar-refractivity contribution in [3.05, 3.63) is 35.4 Å². The lowest BCUT2D eigenvalue weighted by molar-refractivity contribution is -0.121. The van der Waals surface area contributed by atoms with Gasteiger partial charge in [-0.1, -0.05) is 0 Å². The molecule has 0 unspecified atom stereocenters. The van der Waals surface area contributed by atoms with E-state index in [-0.39, 0.29) is 24.3 Å². The maximum absolute atomic E-state index is 13.2. The third-order valence-electron chi connectivity index (χ3n) is 2.33. The predicted molar refractivity (Wildman–Crippen MR) is 61.4 cm³/mol. The Labute approximate surface area is 99.0 Å². The number of amides is 1. The lowest BCUT2D eigenvalue weighted by Crippen LogP contribution is -2.26. The largest absolute Gasteiger partial charge is 0.356 e. The molecule has 0 atom stereocenters. The molecule has 0 saturated carbocycles. The Balaban J connectivity index is 2.39. The van der Waals surface area contributed by atoms with Crippen LogP contribution in [0.2, 0.25) is 0 Å². The van der Waals surface area contributed by atoms with Gasteiger partial charge in [0.1, 0.15) is 11.6 Å². The summed E-state index contributed by atoms with van der Waals surface area (Å²) in [5.41, 5.74) is 5.49. The van der Waals surface area contributed by atoms with Gasteiger partial charge in [-0.25, -0.2) is 8.78 Å². The van der Waals surface area contributed by atoms with Crippen molar-refractivity contribution in [1.82, 2.24) is 5.32 Å². The lowest BCUT2D eigenvalue weighted by Gasteiger charge is -2.05. The average molecular weight is 242 g/mol. The number of rotatable bonds is 6. The Morgan fingerprint density at radius 1 is 1.35 bits per heavy atom. The van der Waals surface area contributed by atoms with E-state index < -0.39 is 11.6 Å². The second-order valence-electron chi connectivity index (χ2n) is 3.73. The van der Waals surface area contributed by atoms with E-state index in [9.17, 15) is 13.6 Å². The molecule has 94 valence electrons. The van der Waals surface area contributed by atoms with Crippen molar-refractivity contribution in [3.8, 4) is 0 Å². The van der Waals surface area contributed by atoms with Gasteiger partial charge in [0.05, 0.1) is 0 Å². The van der Waals surface area contributed by atoms with E-state index in [0.29, 0.717) is 19.5 Å². The summed E-state index contributed by atoms with van der Waals surface area (Å²) in [5.74, 6) is -1.16. The van der Waals surface area contributed by atoms with Gasteiger partial charge in [0.15, 0.2) is 0 Å². The zero-order chi connectivity index (χ0) is 12.7. The molecule has 0 spiro atoms. The molecule has 17 heavy (non-hydrogen) atoms. The molecule has 5 heteroatoms. The van der Waals surface area contributed by atoms with Crippen molar-refractivity contribution >= 4 is 5.91 Å². The molecule has 0 heterocycles. The van der Waals surface area contributed by atoms with E-state index >= 15 is 0 Å². The Bertz CT molecular complexity index is 383. The van der Waals surface area contributed by atoms with Gasteiger partial charge in [-0.15, -0.1) is 0 Å². The van der Waals surface area contributed by atoms with Crippen LogP contribution in [0.25, 0.3) is 0 Å². The van der Waals surface area contributed by atoms with Gasteiger partial charge in [-0.2, -0.15) is 0 Å². The van der Waals surface area contributed by atoms with Crippen LogP contribution in [0.3, 0.4) is 0 Å². The molecular formula is C12H16F2N2O. The molecule has 0 aliphatic carbocycles. The smallest absolute Gasteiger partial charge is 0.220 e. The number of carbonyl (C=O) groups excluding carboxylic acids is 1. The van der Waals surface area contributed by atoms with Gasteiger partial charge in [0.2, 0.25) is 5.91 Å². The van der Waals surface area contributed by atoms with Crippen molar-refractivity contribution in [2.24, 2.45) is 5.73 Å². The van der Waals surface area contributed by atoms with Crippen LogP contribution in [0.4, 0.5) is 8.78 Å². The summed E-state index contributed by atoms with van der Waals surface area (Å²) >= 11 is 0. The van der Waals surface area contributed by atoms with Crippen LogP contribution < -0.4 is 11.1 Å². The highest BCUT2D eigenvalue weighted by atomic mass is 19.1. The molecule has 0 aliphatic heterocycles. The highest BCUT2D eigenvalue weighted by Gasteiger charge is 2.06. The van der Waals surface area contributed by atoms with E-state index in [2.05, 4.69) is 5.32 Å². The summed E-state index contributed by atoms with van der Waals surface area (Å²) in [7, 11) is 0. The Hall–Kier alpha value is -1.49. The van der Waals surface area contributed by atoms with E-state index in [1.807, 2.05) is 0 Å². The van der Waals surface area contributed by atoms with Crippen LogP contribution in [-0.4, -0.2) is 19.0 Å². The highest BCUT2D eigenvalue weighted by molar-refractivity contribution is 5.76. The van der Waals surface area contributed by atoms with E-state index in [4.69, 9.17) is 5.73 Å². The minimum Gasteiger partial charge on any atom is -0.356 e. The van der Waals surface area contributed by atoms with Crippen molar-refractivity contribution in [2.75, 3.05) is 13.1 Å². The third kappa shape index (κ3) is 4.91. The van der Waals surface area contributed by atoms with Crippen LogP contribution in [0, 0.1) is 11.6 Å². The maximum Gasteiger partial charge on any atom is 0.220 e. The van der Waals surface area contributed by atoms with E-state index in [1.54, 1.807) is 0 Å². The number of nitrogens with one attached hydrogen (secondary N) is 1. The first-order valence-electron chi connectivity index (χ1n) is 5.54. The molecule has 1 rings (SSSR count). The first-order valence-corrected chi connectivity index (χ1v) is 5.54. The quantitative estimate of drug-likeness (QED) is 0.740. The minimum absolute atomic E-state index is 0.144. The fourth-order valence-corrected chi connectivity index (χ4v) is 1.40. The fraction of sp³-hybridized carbons (Fsp3) is 0.417. The summed E-state index contributed by atoms with van der Waals surface area (Å²) in [6, 6.07) is 3.24. The molecule has 1 aromatic rings. The first-order chi connectivity index (χ1) is 8.13. The normalized spacial score (nSPS) is 10.3. The Morgan fingerprint density at radius 3 is 2.82 bits per heavy atom. The monoisotopic (exact) mass is 242 g/mol. The lowest BCUT2D eigenvalue weighted by atomic mass is 10.1. The van der Waals surface area contributed by atoms with Crippen molar-refractivity contribution < 1.29 is 13.6 Å². The summed E-state index contributed by atoms with van der Waals surface area (Å²) in [6.45, 7) is 1.03. The summed E-state index contributed by atoms with van der Waals surface area (Å²) < 4.78 is 26.1. The maximum atomic E-state index is 13.2.